The maximum atomic E-state index is 5.23. The lowest BCUT2D eigenvalue weighted by Crippen LogP contribution is -2.29. The quantitative estimate of drug-likeness (QED) is 0.564. The van der Waals surface area contributed by atoms with Crippen LogP contribution in [0.4, 0.5) is 0 Å². The summed E-state index contributed by atoms with van der Waals surface area (Å²) in [6.07, 6.45) is 0.00231. The third kappa shape index (κ3) is 1.88. The Bertz CT molecular complexity index is 135. The van der Waals surface area contributed by atoms with Crippen LogP contribution in [0.5, 0.6) is 0 Å². The van der Waals surface area contributed by atoms with Gasteiger partial charge in [0.2, 0.25) is 5.90 Å². The van der Waals surface area contributed by atoms with Gasteiger partial charge in [0, 0.05) is 14.0 Å². The second kappa shape index (κ2) is 3.41. The molecule has 1 atom stereocenters. The van der Waals surface area contributed by atoms with Crippen LogP contribution in [0.3, 0.4) is 0 Å². The average Bonchev–Trinajstić information content (AvgIpc) is 1.88. The summed E-state index contributed by atoms with van der Waals surface area (Å²) in [7, 11) is 1.63. The summed E-state index contributed by atoms with van der Waals surface area (Å²) in [5.74, 6) is 0.563. The summed E-state index contributed by atoms with van der Waals surface area (Å²) in [4.78, 5) is 4.83. The minimum Gasteiger partial charge on any atom is -0.469 e. The molecule has 0 N–H and O–H groups in total. The van der Waals surface area contributed by atoms with Crippen LogP contribution < -0.4 is 0 Å². The fraction of sp³-hybridized carbons (Fsp3) is 0.833. The topological polar surface area (TPSA) is 40.0 Å². The molecule has 0 radical (unpaired) electrons. The normalized spacial score (nSPS) is 24.6. The lowest BCUT2D eigenvalue weighted by Gasteiger charge is -2.20. The monoisotopic (exact) mass is 145 g/mol. The maximum Gasteiger partial charge on any atom is 0.222 e. The van der Waals surface area contributed by atoms with Gasteiger partial charge >= 0.3 is 0 Å². The van der Waals surface area contributed by atoms with Gasteiger partial charge in [-0.1, -0.05) is 5.16 Å². The maximum absolute atomic E-state index is 5.23. The Morgan fingerprint density at radius 3 is 3.20 bits per heavy atom. The summed E-state index contributed by atoms with van der Waals surface area (Å²) >= 11 is 0. The van der Waals surface area contributed by atoms with Crippen LogP contribution in [0.15, 0.2) is 5.16 Å². The SMILES string of the molecule is COCC1CON=C(C)O1. The molecular weight excluding hydrogens is 134 g/mol. The third-order valence-electron chi connectivity index (χ3n) is 1.14. The van der Waals surface area contributed by atoms with E-state index in [1.54, 1.807) is 14.0 Å². The predicted octanol–water partition coefficient (Wildman–Crippen LogP) is 0.382. The van der Waals surface area contributed by atoms with Gasteiger partial charge in [-0.2, -0.15) is 0 Å². The second-order valence-corrected chi connectivity index (χ2v) is 2.10. The van der Waals surface area contributed by atoms with Gasteiger partial charge in [0.25, 0.3) is 0 Å². The van der Waals surface area contributed by atoms with Crippen molar-refractivity contribution in [2.45, 2.75) is 13.0 Å². The molecule has 0 aliphatic carbocycles. The summed E-state index contributed by atoms with van der Waals surface area (Å²) in [6.45, 7) is 2.78. The zero-order chi connectivity index (χ0) is 7.40. The van der Waals surface area contributed by atoms with Crippen LogP contribution in [0.25, 0.3) is 0 Å². The molecule has 0 saturated carbocycles. The highest BCUT2D eigenvalue weighted by atomic mass is 16.7. The Morgan fingerprint density at radius 2 is 2.60 bits per heavy atom. The molecule has 1 heterocycles. The predicted molar refractivity (Wildman–Crippen MR) is 35.8 cm³/mol. The summed E-state index contributed by atoms with van der Waals surface area (Å²) in [5, 5.41) is 3.60. The van der Waals surface area contributed by atoms with Crippen molar-refractivity contribution >= 4 is 5.90 Å². The van der Waals surface area contributed by atoms with Crippen LogP contribution in [-0.2, 0) is 14.3 Å². The molecule has 4 nitrogen and oxygen atoms in total. The van der Waals surface area contributed by atoms with E-state index in [1.807, 2.05) is 0 Å². The lowest BCUT2D eigenvalue weighted by molar-refractivity contribution is -0.0265. The van der Waals surface area contributed by atoms with E-state index in [0.717, 1.165) is 0 Å². The minimum absolute atomic E-state index is 0.00231. The molecule has 1 unspecified atom stereocenters. The van der Waals surface area contributed by atoms with Crippen molar-refractivity contribution < 1.29 is 14.3 Å². The summed E-state index contributed by atoms with van der Waals surface area (Å²) < 4.78 is 10.1. The number of oxime groups is 1. The van der Waals surface area contributed by atoms with Gasteiger partial charge in [-0.3, -0.25) is 0 Å². The number of methoxy groups -OCH3 is 1. The molecule has 1 aliphatic heterocycles. The van der Waals surface area contributed by atoms with Crippen LogP contribution in [0, 0.1) is 0 Å². The molecular formula is C6H11NO3. The Hall–Kier alpha value is -0.770. The first-order chi connectivity index (χ1) is 4.83. The Labute approximate surface area is 59.7 Å². The van der Waals surface area contributed by atoms with Crippen molar-refractivity contribution in [3.8, 4) is 0 Å². The molecule has 0 bridgehead atoms. The van der Waals surface area contributed by atoms with Crippen LogP contribution in [-0.4, -0.2) is 32.3 Å². The standard InChI is InChI=1S/C6H11NO3/c1-5-7-9-4-6(10-5)3-8-2/h6H,3-4H2,1-2H3. The van der Waals surface area contributed by atoms with Crippen molar-refractivity contribution in [3.05, 3.63) is 0 Å². The number of nitrogens with zero attached hydrogens (tertiary/aromatic N) is 1. The fourth-order valence-electron chi connectivity index (χ4n) is 0.776. The first kappa shape index (κ1) is 7.34. The Kier molecular flexibility index (Phi) is 2.50. The zero-order valence-electron chi connectivity index (χ0n) is 6.16. The van der Waals surface area contributed by atoms with E-state index < -0.39 is 0 Å². The molecule has 0 fully saturated rings. The molecule has 4 heteroatoms. The highest BCUT2D eigenvalue weighted by Crippen LogP contribution is 2.02. The van der Waals surface area contributed by atoms with Gasteiger partial charge in [-0.25, -0.2) is 0 Å². The van der Waals surface area contributed by atoms with E-state index >= 15 is 0 Å². The van der Waals surface area contributed by atoms with E-state index in [0.29, 0.717) is 19.1 Å². The number of hydrogen-bond donors (Lipinski definition) is 0. The Morgan fingerprint density at radius 1 is 1.80 bits per heavy atom. The van der Waals surface area contributed by atoms with E-state index in [-0.39, 0.29) is 6.10 Å². The molecule has 0 saturated heterocycles. The smallest absolute Gasteiger partial charge is 0.222 e. The van der Waals surface area contributed by atoms with Gasteiger partial charge < -0.3 is 14.3 Å². The average molecular weight is 145 g/mol. The van der Waals surface area contributed by atoms with Gasteiger partial charge in [0.1, 0.15) is 0 Å². The molecule has 0 amide bonds. The zero-order valence-corrected chi connectivity index (χ0v) is 6.16. The highest BCUT2D eigenvalue weighted by molar-refractivity contribution is 5.72. The largest absolute Gasteiger partial charge is 0.469 e. The van der Waals surface area contributed by atoms with Crippen LogP contribution >= 0.6 is 0 Å². The molecule has 1 rings (SSSR count). The number of rotatable bonds is 2. The number of ether oxygens (including phenoxy) is 2. The minimum atomic E-state index is 0.00231. The molecule has 0 aromatic rings. The molecule has 10 heavy (non-hydrogen) atoms. The van der Waals surface area contributed by atoms with Crippen molar-refractivity contribution in [1.29, 1.82) is 0 Å². The van der Waals surface area contributed by atoms with E-state index in [2.05, 4.69) is 5.16 Å². The van der Waals surface area contributed by atoms with E-state index in [1.165, 1.54) is 0 Å². The fourth-order valence-corrected chi connectivity index (χ4v) is 0.776. The van der Waals surface area contributed by atoms with Gasteiger partial charge in [0.15, 0.2) is 12.7 Å². The van der Waals surface area contributed by atoms with Gasteiger partial charge in [-0.15, -0.1) is 0 Å². The van der Waals surface area contributed by atoms with Crippen molar-refractivity contribution in [3.63, 3.8) is 0 Å². The van der Waals surface area contributed by atoms with E-state index in [9.17, 15) is 0 Å². The summed E-state index contributed by atoms with van der Waals surface area (Å²) in [5.41, 5.74) is 0. The number of hydrogen-bond acceptors (Lipinski definition) is 4. The highest BCUT2D eigenvalue weighted by Gasteiger charge is 2.15. The molecule has 0 spiro atoms. The summed E-state index contributed by atoms with van der Waals surface area (Å²) in [6, 6.07) is 0. The molecule has 1 aliphatic rings. The van der Waals surface area contributed by atoms with Crippen LogP contribution in [0.1, 0.15) is 6.92 Å². The van der Waals surface area contributed by atoms with E-state index in [4.69, 9.17) is 14.3 Å². The van der Waals surface area contributed by atoms with Gasteiger partial charge in [-0.05, 0) is 0 Å². The molecule has 0 aromatic carbocycles. The molecule has 0 aromatic heterocycles. The van der Waals surface area contributed by atoms with Crippen molar-refractivity contribution in [1.82, 2.24) is 0 Å². The lowest BCUT2D eigenvalue weighted by atomic mass is 10.4. The first-order valence-electron chi connectivity index (χ1n) is 3.15. The van der Waals surface area contributed by atoms with Crippen LogP contribution in [0.2, 0.25) is 0 Å². The molecule has 58 valence electrons. The first-order valence-corrected chi connectivity index (χ1v) is 3.15. The van der Waals surface area contributed by atoms with Gasteiger partial charge in [0.05, 0.1) is 6.61 Å². The van der Waals surface area contributed by atoms with Crippen molar-refractivity contribution in [2.24, 2.45) is 5.16 Å². The van der Waals surface area contributed by atoms with Crippen molar-refractivity contribution in [2.75, 3.05) is 20.3 Å². The third-order valence-corrected chi connectivity index (χ3v) is 1.14. The Balaban J connectivity index is 2.30. The second-order valence-electron chi connectivity index (χ2n) is 2.10.